The number of anilines is 1. The van der Waals surface area contributed by atoms with Gasteiger partial charge < -0.3 is 0 Å². The van der Waals surface area contributed by atoms with E-state index in [1.54, 1.807) is 17.5 Å². The Labute approximate surface area is 150 Å². The summed E-state index contributed by atoms with van der Waals surface area (Å²) in [5, 5.41) is 11.8. The number of nitrogens with zero attached hydrogens (tertiary/aromatic N) is 2. The highest BCUT2D eigenvalue weighted by Gasteiger charge is 2.20. The Balaban J connectivity index is 1.79. The van der Waals surface area contributed by atoms with Crippen LogP contribution in [0, 0.1) is 5.82 Å². The highest BCUT2D eigenvalue weighted by Crippen LogP contribution is 2.28. The predicted molar refractivity (Wildman–Crippen MR) is 95.8 cm³/mol. The standard InChI is InChI=1S/C16H14BrFN4OS/c1-8(2)13-12(17)14(22-21-13)15(23)20-16-19-11(7-24-16)9-4-3-5-10(18)6-9/h3-8H,1-2H3,(H,21,22)(H,19,20,23). The van der Waals surface area contributed by atoms with Crippen LogP contribution in [0.1, 0.15) is 35.9 Å². The van der Waals surface area contributed by atoms with Crippen molar-refractivity contribution in [3.05, 3.63) is 51.3 Å². The molecule has 0 atom stereocenters. The first-order valence-electron chi connectivity index (χ1n) is 7.22. The van der Waals surface area contributed by atoms with Crippen molar-refractivity contribution in [3.63, 3.8) is 0 Å². The van der Waals surface area contributed by atoms with Crippen molar-refractivity contribution in [3.8, 4) is 11.3 Å². The van der Waals surface area contributed by atoms with Gasteiger partial charge >= 0.3 is 0 Å². The molecule has 8 heteroatoms. The van der Waals surface area contributed by atoms with Crippen LogP contribution in [0.3, 0.4) is 0 Å². The molecule has 24 heavy (non-hydrogen) atoms. The van der Waals surface area contributed by atoms with Gasteiger partial charge in [0.25, 0.3) is 5.91 Å². The van der Waals surface area contributed by atoms with E-state index in [1.165, 1.54) is 23.5 Å². The second-order valence-electron chi connectivity index (χ2n) is 5.46. The molecule has 5 nitrogen and oxygen atoms in total. The molecule has 0 bridgehead atoms. The summed E-state index contributed by atoms with van der Waals surface area (Å²) < 4.78 is 13.9. The number of aromatic amines is 1. The van der Waals surface area contributed by atoms with Gasteiger partial charge in [-0.3, -0.25) is 15.2 Å². The third-order valence-electron chi connectivity index (χ3n) is 3.37. The van der Waals surface area contributed by atoms with Gasteiger partial charge in [0.2, 0.25) is 0 Å². The van der Waals surface area contributed by atoms with Crippen molar-refractivity contribution in [2.75, 3.05) is 5.32 Å². The third kappa shape index (κ3) is 3.39. The number of hydrogen-bond acceptors (Lipinski definition) is 4. The fraction of sp³-hybridized carbons (Fsp3) is 0.188. The first kappa shape index (κ1) is 16.8. The second-order valence-corrected chi connectivity index (χ2v) is 7.11. The molecule has 1 aromatic carbocycles. The van der Waals surface area contributed by atoms with E-state index in [1.807, 2.05) is 13.8 Å². The number of carbonyl (C=O) groups is 1. The summed E-state index contributed by atoms with van der Waals surface area (Å²) in [6.07, 6.45) is 0. The number of halogens is 2. The number of aromatic nitrogens is 3. The molecule has 0 unspecified atom stereocenters. The first-order chi connectivity index (χ1) is 11.5. The van der Waals surface area contributed by atoms with Gasteiger partial charge in [0.15, 0.2) is 10.8 Å². The Kier molecular flexibility index (Phi) is 4.77. The van der Waals surface area contributed by atoms with Gasteiger partial charge in [-0.25, -0.2) is 9.37 Å². The van der Waals surface area contributed by atoms with E-state index in [-0.39, 0.29) is 23.3 Å². The maximum Gasteiger partial charge on any atom is 0.279 e. The summed E-state index contributed by atoms with van der Waals surface area (Å²) in [5.41, 5.74) is 2.41. The monoisotopic (exact) mass is 408 g/mol. The van der Waals surface area contributed by atoms with E-state index in [0.29, 0.717) is 20.9 Å². The zero-order chi connectivity index (χ0) is 17.3. The lowest BCUT2D eigenvalue weighted by Gasteiger charge is -2.02. The molecule has 2 heterocycles. The molecule has 0 aliphatic heterocycles. The molecule has 2 aromatic heterocycles. The first-order valence-corrected chi connectivity index (χ1v) is 8.89. The number of hydrogen-bond donors (Lipinski definition) is 2. The van der Waals surface area contributed by atoms with Crippen LogP contribution >= 0.6 is 27.3 Å². The normalized spacial score (nSPS) is 11.0. The SMILES string of the molecule is CC(C)c1[nH]nc(C(=O)Nc2nc(-c3cccc(F)c3)cs2)c1Br. The maximum absolute atomic E-state index is 13.3. The quantitative estimate of drug-likeness (QED) is 0.650. The fourth-order valence-electron chi connectivity index (χ4n) is 2.14. The Bertz CT molecular complexity index is 890. The summed E-state index contributed by atoms with van der Waals surface area (Å²) in [7, 11) is 0. The zero-order valence-electron chi connectivity index (χ0n) is 12.9. The summed E-state index contributed by atoms with van der Waals surface area (Å²) in [4.78, 5) is 16.7. The molecular formula is C16H14BrFN4OS. The Morgan fingerprint density at radius 3 is 2.88 bits per heavy atom. The number of nitrogens with one attached hydrogen (secondary N) is 2. The third-order valence-corrected chi connectivity index (χ3v) is 4.93. The van der Waals surface area contributed by atoms with Crippen molar-refractivity contribution in [2.24, 2.45) is 0 Å². The number of amides is 1. The zero-order valence-corrected chi connectivity index (χ0v) is 15.3. The number of H-pyrrole nitrogens is 1. The minimum Gasteiger partial charge on any atom is -0.296 e. The van der Waals surface area contributed by atoms with E-state index in [2.05, 4.69) is 36.4 Å². The molecule has 0 saturated heterocycles. The molecule has 3 rings (SSSR count). The minimum absolute atomic E-state index is 0.216. The smallest absolute Gasteiger partial charge is 0.279 e. The van der Waals surface area contributed by atoms with E-state index >= 15 is 0 Å². The highest BCUT2D eigenvalue weighted by molar-refractivity contribution is 9.10. The molecule has 0 spiro atoms. The van der Waals surface area contributed by atoms with E-state index in [9.17, 15) is 9.18 Å². The highest BCUT2D eigenvalue weighted by atomic mass is 79.9. The Morgan fingerprint density at radius 2 is 2.21 bits per heavy atom. The van der Waals surface area contributed by atoms with Gasteiger partial charge in [0, 0.05) is 10.9 Å². The van der Waals surface area contributed by atoms with Gasteiger partial charge in [-0.05, 0) is 34.0 Å². The lowest BCUT2D eigenvalue weighted by molar-refractivity contribution is 0.102. The van der Waals surface area contributed by atoms with Crippen molar-refractivity contribution in [1.82, 2.24) is 15.2 Å². The van der Waals surface area contributed by atoms with Crippen molar-refractivity contribution >= 4 is 38.3 Å². The van der Waals surface area contributed by atoms with Gasteiger partial charge in [-0.1, -0.05) is 26.0 Å². The molecule has 2 N–H and O–H groups in total. The van der Waals surface area contributed by atoms with Crippen LogP contribution in [-0.2, 0) is 0 Å². The summed E-state index contributed by atoms with van der Waals surface area (Å²) >= 11 is 4.68. The van der Waals surface area contributed by atoms with Crippen LogP contribution in [0.15, 0.2) is 34.1 Å². The molecule has 1 amide bonds. The van der Waals surface area contributed by atoms with Crippen molar-refractivity contribution in [1.29, 1.82) is 0 Å². The molecule has 0 saturated carbocycles. The minimum atomic E-state index is -0.356. The molecule has 0 radical (unpaired) electrons. The largest absolute Gasteiger partial charge is 0.296 e. The average Bonchev–Trinajstić information content (AvgIpc) is 3.14. The van der Waals surface area contributed by atoms with Gasteiger partial charge in [-0.15, -0.1) is 11.3 Å². The molecule has 0 aliphatic rings. The molecule has 0 fully saturated rings. The van der Waals surface area contributed by atoms with Crippen LogP contribution in [0.2, 0.25) is 0 Å². The predicted octanol–water partition coefficient (Wildman–Crippen LogP) is 4.81. The van der Waals surface area contributed by atoms with Crippen molar-refractivity contribution < 1.29 is 9.18 Å². The number of thiazole rings is 1. The van der Waals surface area contributed by atoms with Crippen LogP contribution in [0.5, 0.6) is 0 Å². The second kappa shape index (κ2) is 6.82. The van der Waals surface area contributed by atoms with Gasteiger partial charge in [0.1, 0.15) is 5.82 Å². The molecule has 124 valence electrons. The number of rotatable bonds is 4. The summed E-state index contributed by atoms with van der Waals surface area (Å²) in [6.45, 7) is 4.01. The molecule has 3 aromatic rings. The van der Waals surface area contributed by atoms with Crippen LogP contribution in [-0.4, -0.2) is 21.1 Å². The van der Waals surface area contributed by atoms with E-state index in [0.717, 1.165) is 5.69 Å². The number of benzene rings is 1. The Morgan fingerprint density at radius 1 is 1.42 bits per heavy atom. The summed E-state index contributed by atoms with van der Waals surface area (Å²) in [6, 6.07) is 6.17. The topological polar surface area (TPSA) is 70.7 Å². The van der Waals surface area contributed by atoms with Crippen molar-refractivity contribution in [2.45, 2.75) is 19.8 Å². The number of carbonyl (C=O) groups excluding carboxylic acids is 1. The van der Waals surface area contributed by atoms with Gasteiger partial charge in [-0.2, -0.15) is 5.10 Å². The van der Waals surface area contributed by atoms with Gasteiger partial charge in [0.05, 0.1) is 15.9 Å². The molecular weight excluding hydrogens is 395 g/mol. The summed E-state index contributed by atoms with van der Waals surface area (Å²) in [5.74, 6) is -0.467. The van der Waals surface area contributed by atoms with Crippen LogP contribution < -0.4 is 5.32 Å². The van der Waals surface area contributed by atoms with E-state index < -0.39 is 0 Å². The lowest BCUT2D eigenvalue weighted by Crippen LogP contribution is -2.12. The average molecular weight is 409 g/mol. The van der Waals surface area contributed by atoms with Crippen LogP contribution in [0.25, 0.3) is 11.3 Å². The van der Waals surface area contributed by atoms with Crippen LogP contribution in [0.4, 0.5) is 9.52 Å². The Hall–Kier alpha value is -2.06. The maximum atomic E-state index is 13.3. The van der Waals surface area contributed by atoms with E-state index in [4.69, 9.17) is 0 Å². The fourth-order valence-corrected chi connectivity index (χ4v) is 3.67. The molecule has 0 aliphatic carbocycles. The lowest BCUT2D eigenvalue weighted by atomic mass is 10.1.